The van der Waals surface area contributed by atoms with Crippen LogP contribution in [0.15, 0.2) is 39.2 Å². The zero-order chi connectivity index (χ0) is 17.5. The van der Waals surface area contributed by atoms with Gasteiger partial charge < -0.3 is 10.5 Å². The third kappa shape index (κ3) is 2.69. The number of likely N-dealkylation sites (N-methyl/N-ethyl adjacent to an activating group) is 1. The molecule has 0 saturated carbocycles. The standard InChI is InChI=1S/C16H17BrN4O2S/c1-16(11-6-10(17)8-24-11)13(14(22)21(2)15(18)20-16)9-4-5-12(23-3)19-7-9/h4-8,13H,1-3H3,(H2,18,20)/t13?,16-/m1/s1. The lowest BCUT2D eigenvalue weighted by molar-refractivity contribution is -0.130. The Bertz CT molecular complexity index is 805. The Hall–Kier alpha value is -1.93. The molecule has 2 aromatic heterocycles. The average Bonchev–Trinajstić information content (AvgIpc) is 3.01. The van der Waals surface area contributed by atoms with Crippen molar-refractivity contribution in [2.75, 3.05) is 14.2 Å². The van der Waals surface area contributed by atoms with E-state index in [9.17, 15) is 4.79 Å². The lowest BCUT2D eigenvalue weighted by atomic mass is 9.78. The third-order valence-corrected chi connectivity index (χ3v) is 6.12. The van der Waals surface area contributed by atoms with Gasteiger partial charge in [-0.2, -0.15) is 0 Å². The summed E-state index contributed by atoms with van der Waals surface area (Å²) in [6.07, 6.45) is 1.66. The second-order valence-electron chi connectivity index (χ2n) is 5.71. The first-order valence-corrected chi connectivity index (χ1v) is 8.91. The minimum Gasteiger partial charge on any atom is -0.481 e. The van der Waals surface area contributed by atoms with Gasteiger partial charge in [0.05, 0.1) is 13.0 Å². The van der Waals surface area contributed by atoms with Crippen molar-refractivity contribution >= 4 is 39.1 Å². The Morgan fingerprint density at radius 1 is 1.46 bits per heavy atom. The van der Waals surface area contributed by atoms with Crippen LogP contribution in [-0.4, -0.2) is 35.9 Å². The molecular weight excluding hydrogens is 392 g/mol. The lowest BCUT2D eigenvalue weighted by Gasteiger charge is -2.39. The number of hydrogen-bond donors (Lipinski definition) is 1. The molecule has 3 heterocycles. The fraction of sp³-hybridized carbons (Fsp3) is 0.312. The zero-order valence-electron chi connectivity index (χ0n) is 13.5. The Morgan fingerprint density at radius 2 is 2.21 bits per heavy atom. The van der Waals surface area contributed by atoms with E-state index in [1.165, 1.54) is 4.90 Å². The van der Waals surface area contributed by atoms with E-state index in [1.807, 2.05) is 24.4 Å². The van der Waals surface area contributed by atoms with Crippen LogP contribution < -0.4 is 10.5 Å². The Balaban J connectivity index is 2.16. The number of amides is 1. The topological polar surface area (TPSA) is 80.8 Å². The summed E-state index contributed by atoms with van der Waals surface area (Å²) in [5.74, 6) is 0.0870. The van der Waals surface area contributed by atoms with Crippen LogP contribution >= 0.6 is 27.3 Å². The summed E-state index contributed by atoms with van der Waals surface area (Å²) in [4.78, 5) is 24.2. The van der Waals surface area contributed by atoms with E-state index in [0.717, 1.165) is 14.9 Å². The summed E-state index contributed by atoms with van der Waals surface area (Å²) in [5, 5.41) is 1.97. The maximum Gasteiger partial charge on any atom is 0.239 e. The number of guanidine groups is 1. The summed E-state index contributed by atoms with van der Waals surface area (Å²) >= 11 is 5.01. The van der Waals surface area contributed by atoms with Crippen molar-refractivity contribution in [3.63, 3.8) is 0 Å². The van der Waals surface area contributed by atoms with Crippen molar-refractivity contribution in [2.45, 2.75) is 18.4 Å². The summed E-state index contributed by atoms with van der Waals surface area (Å²) < 4.78 is 6.06. The van der Waals surface area contributed by atoms with Gasteiger partial charge in [0.1, 0.15) is 5.54 Å². The van der Waals surface area contributed by atoms with Crippen LogP contribution in [0.3, 0.4) is 0 Å². The van der Waals surface area contributed by atoms with E-state index >= 15 is 0 Å². The first kappa shape index (κ1) is 16.9. The minimum atomic E-state index is -0.791. The molecule has 0 saturated heterocycles. The number of rotatable bonds is 3. The van der Waals surface area contributed by atoms with Crippen LogP contribution in [0.5, 0.6) is 5.88 Å². The quantitative estimate of drug-likeness (QED) is 0.846. The monoisotopic (exact) mass is 408 g/mol. The van der Waals surface area contributed by atoms with Crippen LogP contribution in [-0.2, 0) is 10.3 Å². The lowest BCUT2D eigenvalue weighted by Crippen LogP contribution is -2.52. The summed E-state index contributed by atoms with van der Waals surface area (Å²) in [6, 6.07) is 5.57. The Kier molecular flexibility index (Phi) is 4.35. The molecule has 0 fully saturated rings. The number of thiophene rings is 1. The van der Waals surface area contributed by atoms with Gasteiger partial charge >= 0.3 is 0 Å². The number of halogens is 1. The number of nitrogens with zero attached hydrogens (tertiary/aromatic N) is 3. The van der Waals surface area contributed by atoms with Crippen LogP contribution in [0.2, 0.25) is 0 Å². The zero-order valence-corrected chi connectivity index (χ0v) is 15.9. The first-order valence-electron chi connectivity index (χ1n) is 7.24. The second kappa shape index (κ2) is 6.18. The van der Waals surface area contributed by atoms with Crippen molar-refractivity contribution in [3.05, 3.63) is 44.7 Å². The summed E-state index contributed by atoms with van der Waals surface area (Å²) in [7, 11) is 3.19. The highest BCUT2D eigenvalue weighted by Crippen LogP contribution is 2.46. The molecule has 0 spiro atoms. The molecule has 126 valence electrons. The number of hydrogen-bond acceptors (Lipinski definition) is 6. The molecule has 0 radical (unpaired) electrons. The molecule has 0 aliphatic carbocycles. The molecule has 0 aromatic carbocycles. The van der Waals surface area contributed by atoms with Gasteiger partial charge in [0.2, 0.25) is 11.8 Å². The first-order chi connectivity index (χ1) is 11.4. The number of ether oxygens (including phenoxy) is 1. The summed E-state index contributed by atoms with van der Waals surface area (Å²) in [6.45, 7) is 1.93. The van der Waals surface area contributed by atoms with Gasteiger partial charge in [-0.15, -0.1) is 11.3 Å². The number of aromatic nitrogens is 1. The van der Waals surface area contributed by atoms with Crippen LogP contribution in [0.1, 0.15) is 23.3 Å². The number of carbonyl (C=O) groups is 1. The SMILES string of the molecule is COc1ccc(C2C(=O)N(C)C(N)=N[C@]2(C)c2cc(Br)cs2)cn1. The molecule has 1 unspecified atom stereocenters. The number of methoxy groups -OCH3 is 1. The Morgan fingerprint density at radius 3 is 2.75 bits per heavy atom. The number of carbonyl (C=O) groups excluding carboxylic acids is 1. The molecule has 1 amide bonds. The normalized spacial score (nSPS) is 24.0. The van der Waals surface area contributed by atoms with Gasteiger partial charge in [-0.3, -0.25) is 9.69 Å². The van der Waals surface area contributed by atoms with Crippen molar-refractivity contribution in [1.29, 1.82) is 0 Å². The van der Waals surface area contributed by atoms with Gasteiger partial charge in [0.15, 0.2) is 5.96 Å². The van der Waals surface area contributed by atoms with E-state index in [2.05, 4.69) is 25.9 Å². The van der Waals surface area contributed by atoms with Gasteiger partial charge in [-0.25, -0.2) is 9.98 Å². The number of nitrogens with two attached hydrogens (primary N) is 1. The largest absolute Gasteiger partial charge is 0.481 e. The summed E-state index contributed by atoms with van der Waals surface area (Å²) in [5.41, 5.74) is 5.97. The van der Waals surface area contributed by atoms with Gasteiger partial charge in [-0.1, -0.05) is 6.07 Å². The van der Waals surface area contributed by atoms with Gasteiger partial charge in [0.25, 0.3) is 0 Å². The molecule has 6 nitrogen and oxygen atoms in total. The molecule has 1 aliphatic rings. The third-order valence-electron chi connectivity index (χ3n) is 4.20. The van der Waals surface area contributed by atoms with Crippen molar-refractivity contribution in [3.8, 4) is 5.88 Å². The predicted octanol–water partition coefficient (Wildman–Crippen LogP) is 2.70. The van der Waals surface area contributed by atoms with E-state index in [-0.39, 0.29) is 11.9 Å². The molecule has 1 aliphatic heterocycles. The van der Waals surface area contributed by atoms with Crippen molar-refractivity contribution < 1.29 is 9.53 Å². The van der Waals surface area contributed by atoms with Gasteiger partial charge in [-0.05, 0) is 34.5 Å². The van der Waals surface area contributed by atoms with Crippen LogP contribution in [0, 0.1) is 0 Å². The molecule has 2 N–H and O–H groups in total. The Labute approximate surface area is 152 Å². The van der Waals surface area contributed by atoms with Crippen molar-refractivity contribution in [1.82, 2.24) is 9.88 Å². The van der Waals surface area contributed by atoms with Crippen LogP contribution in [0.4, 0.5) is 0 Å². The number of aliphatic imine (C=N–C) groups is 1. The van der Waals surface area contributed by atoms with E-state index in [4.69, 9.17) is 10.5 Å². The maximum atomic E-state index is 13.0. The predicted molar refractivity (Wildman–Crippen MR) is 97.3 cm³/mol. The molecular formula is C16H17BrN4O2S. The maximum absolute atomic E-state index is 13.0. The smallest absolute Gasteiger partial charge is 0.239 e. The fourth-order valence-corrected chi connectivity index (χ4v) is 4.42. The molecule has 2 atom stereocenters. The number of pyridine rings is 1. The molecule has 3 rings (SSSR count). The van der Waals surface area contributed by atoms with E-state index < -0.39 is 11.5 Å². The van der Waals surface area contributed by atoms with Gasteiger partial charge in [0, 0.05) is 34.0 Å². The van der Waals surface area contributed by atoms with E-state index in [0.29, 0.717) is 5.88 Å². The van der Waals surface area contributed by atoms with Crippen molar-refractivity contribution in [2.24, 2.45) is 10.7 Å². The second-order valence-corrected chi connectivity index (χ2v) is 7.54. The minimum absolute atomic E-state index is 0.110. The molecule has 0 bridgehead atoms. The average molecular weight is 409 g/mol. The molecule has 24 heavy (non-hydrogen) atoms. The van der Waals surface area contributed by atoms with E-state index in [1.54, 1.807) is 37.8 Å². The van der Waals surface area contributed by atoms with Crippen LogP contribution in [0.25, 0.3) is 0 Å². The highest BCUT2D eigenvalue weighted by molar-refractivity contribution is 9.10. The highest BCUT2D eigenvalue weighted by Gasteiger charge is 2.48. The fourth-order valence-electron chi connectivity index (χ4n) is 2.85. The highest BCUT2D eigenvalue weighted by atomic mass is 79.9. The molecule has 2 aromatic rings. The molecule has 8 heteroatoms.